The lowest BCUT2D eigenvalue weighted by atomic mass is 10.6. The van der Waals surface area contributed by atoms with Crippen molar-refractivity contribution in [2.24, 2.45) is 0 Å². The summed E-state index contributed by atoms with van der Waals surface area (Å²) in [5.41, 5.74) is 5.39. The summed E-state index contributed by atoms with van der Waals surface area (Å²) in [6.45, 7) is 0. The first-order valence-corrected chi connectivity index (χ1v) is 4.52. The smallest absolute Gasteiger partial charge is 0.154 e. The summed E-state index contributed by atoms with van der Waals surface area (Å²) in [7, 11) is 0. The second kappa shape index (κ2) is 2.90. The van der Waals surface area contributed by atoms with Crippen LogP contribution in [0.25, 0.3) is 0 Å². The van der Waals surface area contributed by atoms with Gasteiger partial charge in [0.2, 0.25) is 0 Å². The van der Waals surface area contributed by atoms with Crippen LogP contribution in [0, 0.1) is 11.3 Å². The van der Waals surface area contributed by atoms with Crippen LogP contribution in [0.15, 0.2) is 4.34 Å². The van der Waals surface area contributed by atoms with Crippen LogP contribution < -0.4 is 5.73 Å². The molecule has 0 aliphatic carbocycles. The zero-order valence-corrected chi connectivity index (χ0v) is 6.92. The number of nitrogens with two attached hydrogens (primary N) is 1. The third-order valence-corrected chi connectivity index (χ3v) is 2.87. The molecule has 1 rings (SSSR count). The lowest BCUT2D eigenvalue weighted by molar-refractivity contribution is 1.26. The highest BCUT2D eigenvalue weighted by Gasteiger charge is 2.04. The third kappa shape index (κ3) is 1.23. The van der Waals surface area contributed by atoms with E-state index in [-0.39, 0.29) is 0 Å². The van der Waals surface area contributed by atoms with Crippen molar-refractivity contribution >= 4 is 28.9 Å². The minimum Gasteiger partial charge on any atom is -0.382 e. The Morgan fingerprint density at radius 3 is 2.80 bits per heavy atom. The molecule has 0 saturated heterocycles. The molecule has 52 valence electrons. The molecule has 0 unspecified atom stereocenters. The molecular formula is C5H5N3S2. The Balaban J connectivity index is 3.07. The summed E-state index contributed by atoms with van der Waals surface area (Å²) in [5, 5.41) is 8.46. The van der Waals surface area contributed by atoms with Crippen LogP contribution in [-0.2, 0) is 0 Å². The number of hydrogen-bond acceptors (Lipinski definition) is 5. The van der Waals surface area contributed by atoms with Crippen molar-refractivity contribution in [2.45, 2.75) is 4.34 Å². The Morgan fingerprint density at radius 2 is 2.50 bits per heavy atom. The van der Waals surface area contributed by atoms with Gasteiger partial charge in [-0.15, -0.1) is 0 Å². The fourth-order valence-corrected chi connectivity index (χ4v) is 1.77. The van der Waals surface area contributed by atoms with Crippen LogP contribution in [0.2, 0.25) is 0 Å². The van der Waals surface area contributed by atoms with Crippen molar-refractivity contribution in [3.63, 3.8) is 0 Å². The fourth-order valence-electron chi connectivity index (χ4n) is 0.479. The number of hydrogen-bond donors (Lipinski definition) is 1. The Hall–Kier alpha value is -0.730. The van der Waals surface area contributed by atoms with E-state index in [1.165, 1.54) is 23.1 Å². The molecule has 0 atom stereocenters. The van der Waals surface area contributed by atoms with Crippen LogP contribution in [0.1, 0.15) is 4.88 Å². The highest BCUT2D eigenvalue weighted by Crippen LogP contribution is 2.25. The van der Waals surface area contributed by atoms with E-state index in [1.54, 1.807) is 0 Å². The minimum absolute atomic E-state index is 0.344. The van der Waals surface area contributed by atoms with Crippen LogP contribution in [0.5, 0.6) is 0 Å². The standard InChI is InChI=1S/C5H5N3S2/c1-9-5-8-4(7)3(2-6)10-5/h7H2,1H3. The predicted molar refractivity (Wildman–Crippen MR) is 43.0 cm³/mol. The molecule has 0 aliphatic rings. The molecule has 0 bridgehead atoms. The largest absolute Gasteiger partial charge is 0.382 e. The van der Waals surface area contributed by atoms with Gasteiger partial charge in [-0.05, 0) is 6.26 Å². The van der Waals surface area contributed by atoms with Crippen LogP contribution in [0.4, 0.5) is 5.82 Å². The topological polar surface area (TPSA) is 62.7 Å². The van der Waals surface area contributed by atoms with E-state index >= 15 is 0 Å². The van der Waals surface area contributed by atoms with Crippen molar-refractivity contribution in [1.82, 2.24) is 4.98 Å². The van der Waals surface area contributed by atoms with Gasteiger partial charge in [0.25, 0.3) is 0 Å². The average Bonchev–Trinajstić information content (AvgIpc) is 2.30. The van der Waals surface area contributed by atoms with Gasteiger partial charge in [0.05, 0.1) is 0 Å². The Morgan fingerprint density at radius 1 is 1.80 bits per heavy atom. The minimum atomic E-state index is 0.344. The fraction of sp³-hybridized carbons (Fsp3) is 0.200. The quantitative estimate of drug-likeness (QED) is 0.647. The Bertz CT molecular complexity index is 273. The van der Waals surface area contributed by atoms with E-state index in [2.05, 4.69) is 4.98 Å². The average molecular weight is 171 g/mol. The lowest BCUT2D eigenvalue weighted by Crippen LogP contribution is -1.85. The molecule has 2 N–H and O–H groups in total. The van der Waals surface area contributed by atoms with Crippen molar-refractivity contribution in [1.29, 1.82) is 5.26 Å². The van der Waals surface area contributed by atoms with Gasteiger partial charge < -0.3 is 5.73 Å². The highest BCUT2D eigenvalue weighted by molar-refractivity contribution is 8.00. The molecule has 0 spiro atoms. The molecule has 5 heteroatoms. The molecule has 3 nitrogen and oxygen atoms in total. The van der Waals surface area contributed by atoms with Gasteiger partial charge in [0.15, 0.2) is 10.2 Å². The van der Waals surface area contributed by atoms with Crippen molar-refractivity contribution in [3.8, 4) is 6.07 Å². The molecule has 0 saturated carbocycles. The van der Waals surface area contributed by atoms with Gasteiger partial charge in [-0.1, -0.05) is 23.1 Å². The number of nitrogens with zero attached hydrogens (tertiary/aromatic N) is 2. The number of rotatable bonds is 1. The van der Waals surface area contributed by atoms with Crippen molar-refractivity contribution < 1.29 is 0 Å². The Labute approximate surface area is 66.9 Å². The number of thioether (sulfide) groups is 1. The summed E-state index contributed by atoms with van der Waals surface area (Å²) < 4.78 is 0.842. The van der Waals surface area contributed by atoms with Gasteiger partial charge in [-0.3, -0.25) is 0 Å². The molecule has 0 fully saturated rings. The second-order valence-corrected chi connectivity index (χ2v) is 3.56. The number of aromatic nitrogens is 1. The predicted octanol–water partition coefficient (Wildman–Crippen LogP) is 1.32. The zero-order chi connectivity index (χ0) is 7.56. The maximum absolute atomic E-state index is 8.46. The molecule has 0 amide bonds. The molecule has 1 heterocycles. The highest BCUT2D eigenvalue weighted by atomic mass is 32.2. The molecule has 0 radical (unpaired) electrons. The number of nitrogen functional groups attached to an aromatic ring is 1. The van der Waals surface area contributed by atoms with Gasteiger partial charge in [0, 0.05) is 0 Å². The monoisotopic (exact) mass is 171 g/mol. The molecular weight excluding hydrogens is 166 g/mol. The third-order valence-electron chi connectivity index (χ3n) is 0.910. The number of thiazole rings is 1. The molecule has 0 aromatic carbocycles. The molecule has 10 heavy (non-hydrogen) atoms. The first-order chi connectivity index (χ1) is 4.77. The number of anilines is 1. The molecule has 1 aromatic heterocycles. The summed E-state index contributed by atoms with van der Waals surface area (Å²) in [5.74, 6) is 0.344. The van der Waals surface area contributed by atoms with E-state index in [0.29, 0.717) is 10.7 Å². The SMILES string of the molecule is CSc1nc(N)c(C#N)s1. The van der Waals surface area contributed by atoms with Crippen LogP contribution >= 0.6 is 23.1 Å². The maximum Gasteiger partial charge on any atom is 0.154 e. The lowest BCUT2D eigenvalue weighted by Gasteiger charge is -1.79. The van der Waals surface area contributed by atoms with Crippen molar-refractivity contribution in [3.05, 3.63) is 4.88 Å². The van der Waals surface area contributed by atoms with Gasteiger partial charge in [-0.25, -0.2) is 4.98 Å². The van der Waals surface area contributed by atoms with E-state index in [1.807, 2.05) is 12.3 Å². The Kier molecular flexibility index (Phi) is 2.14. The normalized spacial score (nSPS) is 9.20. The molecule has 1 aromatic rings. The van der Waals surface area contributed by atoms with Gasteiger partial charge in [0.1, 0.15) is 10.9 Å². The van der Waals surface area contributed by atoms with Gasteiger partial charge in [-0.2, -0.15) is 5.26 Å². The van der Waals surface area contributed by atoms with Crippen LogP contribution in [-0.4, -0.2) is 11.2 Å². The molecule has 0 aliphatic heterocycles. The van der Waals surface area contributed by atoms with E-state index < -0.39 is 0 Å². The maximum atomic E-state index is 8.46. The summed E-state index contributed by atoms with van der Waals surface area (Å²) in [6, 6.07) is 1.97. The van der Waals surface area contributed by atoms with Gasteiger partial charge >= 0.3 is 0 Å². The first kappa shape index (κ1) is 7.38. The first-order valence-electron chi connectivity index (χ1n) is 2.48. The summed E-state index contributed by atoms with van der Waals surface area (Å²) in [6.07, 6.45) is 1.90. The van der Waals surface area contributed by atoms with Crippen LogP contribution in [0.3, 0.4) is 0 Å². The van der Waals surface area contributed by atoms with E-state index in [9.17, 15) is 0 Å². The number of nitriles is 1. The van der Waals surface area contributed by atoms with E-state index in [4.69, 9.17) is 11.0 Å². The summed E-state index contributed by atoms with van der Waals surface area (Å²) >= 11 is 2.82. The van der Waals surface area contributed by atoms with Crippen molar-refractivity contribution in [2.75, 3.05) is 12.0 Å². The zero-order valence-electron chi connectivity index (χ0n) is 5.29. The second-order valence-electron chi connectivity index (χ2n) is 1.51. The summed E-state index contributed by atoms with van der Waals surface area (Å²) in [4.78, 5) is 4.44. The van der Waals surface area contributed by atoms with E-state index in [0.717, 1.165) is 4.34 Å².